The van der Waals surface area contributed by atoms with Crippen LogP contribution in [0.15, 0.2) is 99.6 Å². The molecular formula is C25H26NO5PS2. The third kappa shape index (κ3) is 5.02. The Bertz CT molecular complexity index is 1410. The Labute approximate surface area is 204 Å². The van der Waals surface area contributed by atoms with Crippen LogP contribution in [0.4, 0.5) is 0 Å². The van der Waals surface area contributed by atoms with Gasteiger partial charge >= 0.3 is 7.60 Å². The van der Waals surface area contributed by atoms with Gasteiger partial charge in [-0.25, -0.2) is 12.4 Å². The highest BCUT2D eigenvalue weighted by molar-refractivity contribution is 7.99. The maximum absolute atomic E-state index is 13.9. The van der Waals surface area contributed by atoms with E-state index in [1.165, 1.54) is 15.7 Å². The Morgan fingerprint density at radius 3 is 2.00 bits per heavy atom. The zero-order chi connectivity index (χ0) is 24.2. The first kappa shape index (κ1) is 24.8. The van der Waals surface area contributed by atoms with E-state index in [0.717, 1.165) is 10.3 Å². The van der Waals surface area contributed by atoms with Gasteiger partial charge in [0.1, 0.15) is 0 Å². The lowest BCUT2D eigenvalue weighted by atomic mass is 10.2. The van der Waals surface area contributed by atoms with Gasteiger partial charge in [0.05, 0.1) is 35.5 Å². The molecule has 0 saturated carbocycles. The summed E-state index contributed by atoms with van der Waals surface area (Å²) in [5.74, 6) is 0. The van der Waals surface area contributed by atoms with Gasteiger partial charge in [0.25, 0.3) is 10.0 Å². The molecule has 0 aliphatic heterocycles. The van der Waals surface area contributed by atoms with Crippen molar-refractivity contribution in [2.75, 3.05) is 13.2 Å². The number of nitrogens with zero attached hydrogens (tertiary/aromatic N) is 1. The van der Waals surface area contributed by atoms with E-state index in [-0.39, 0.29) is 24.3 Å². The second-order valence-electron chi connectivity index (χ2n) is 7.40. The van der Waals surface area contributed by atoms with Crippen LogP contribution in [0.5, 0.6) is 0 Å². The minimum Gasteiger partial charge on any atom is -0.309 e. The van der Waals surface area contributed by atoms with Gasteiger partial charge in [-0.1, -0.05) is 66.4 Å². The smallest absolute Gasteiger partial charge is 0.309 e. The van der Waals surface area contributed by atoms with Gasteiger partial charge < -0.3 is 9.05 Å². The predicted molar refractivity (Wildman–Crippen MR) is 136 cm³/mol. The van der Waals surface area contributed by atoms with Crippen molar-refractivity contribution in [3.63, 3.8) is 0 Å². The van der Waals surface area contributed by atoms with Crippen molar-refractivity contribution in [1.82, 2.24) is 3.97 Å². The largest absolute Gasteiger partial charge is 0.336 e. The van der Waals surface area contributed by atoms with E-state index in [0.29, 0.717) is 16.1 Å². The van der Waals surface area contributed by atoms with Gasteiger partial charge in [-0.05, 0) is 44.2 Å². The molecule has 4 rings (SSSR count). The summed E-state index contributed by atoms with van der Waals surface area (Å²) in [5, 5.41) is 0.755. The van der Waals surface area contributed by atoms with Crippen LogP contribution in [-0.4, -0.2) is 25.6 Å². The lowest BCUT2D eigenvalue weighted by molar-refractivity contribution is 0.218. The average Bonchev–Trinajstić information content (AvgIpc) is 3.14. The van der Waals surface area contributed by atoms with Crippen LogP contribution >= 0.6 is 19.4 Å². The van der Waals surface area contributed by atoms with Crippen molar-refractivity contribution in [1.29, 1.82) is 0 Å². The fourth-order valence-electron chi connectivity index (χ4n) is 3.77. The van der Waals surface area contributed by atoms with Crippen LogP contribution in [0.3, 0.4) is 0 Å². The predicted octanol–water partition coefficient (Wildman–Crippen LogP) is 6.80. The van der Waals surface area contributed by atoms with Gasteiger partial charge in [0.2, 0.25) is 0 Å². The molecule has 0 aliphatic rings. The maximum Gasteiger partial charge on any atom is 0.336 e. The van der Waals surface area contributed by atoms with Crippen LogP contribution in [-0.2, 0) is 29.8 Å². The van der Waals surface area contributed by atoms with Gasteiger partial charge in [-0.15, -0.1) is 0 Å². The fraction of sp³-hybridized carbons (Fsp3) is 0.200. The van der Waals surface area contributed by atoms with Gasteiger partial charge in [-0.3, -0.25) is 4.57 Å². The summed E-state index contributed by atoms with van der Waals surface area (Å²) in [7, 11) is -7.61. The highest BCUT2D eigenvalue weighted by Gasteiger charge is 2.34. The van der Waals surface area contributed by atoms with E-state index in [4.69, 9.17) is 9.05 Å². The lowest BCUT2D eigenvalue weighted by Crippen LogP contribution is -2.16. The van der Waals surface area contributed by atoms with Crippen molar-refractivity contribution < 1.29 is 22.0 Å². The van der Waals surface area contributed by atoms with E-state index in [1.54, 1.807) is 56.3 Å². The van der Waals surface area contributed by atoms with E-state index >= 15 is 0 Å². The highest BCUT2D eigenvalue weighted by atomic mass is 32.2. The standard InChI is InChI=1S/C25H26NO5PS2/c1-3-30-32(27,31-4-2)19-24-25(33-20-13-7-5-8-14-20)22-17-11-12-18-23(22)26(24)34(28,29)21-15-9-6-10-16-21/h5-18H,3-4,19H2,1-2H3. The number of benzene rings is 3. The molecule has 1 heterocycles. The monoisotopic (exact) mass is 515 g/mol. The Hall–Kier alpha value is -2.35. The quantitative estimate of drug-likeness (QED) is 0.216. The molecule has 0 radical (unpaired) electrons. The molecule has 34 heavy (non-hydrogen) atoms. The van der Waals surface area contributed by atoms with Crippen LogP contribution < -0.4 is 0 Å². The van der Waals surface area contributed by atoms with E-state index < -0.39 is 17.6 Å². The molecule has 0 saturated heterocycles. The van der Waals surface area contributed by atoms with E-state index in [9.17, 15) is 13.0 Å². The highest BCUT2D eigenvalue weighted by Crippen LogP contribution is 2.54. The molecule has 0 aliphatic carbocycles. The van der Waals surface area contributed by atoms with Crippen molar-refractivity contribution in [2.45, 2.75) is 34.7 Å². The van der Waals surface area contributed by atoms with Crippen LogP contribution in [0.1, 0.15) is 19.5 Å². The first-order valence-electron chi connectivity index (χ1n) is 10.9. The molecule has 3 aromatic carbocycles. The molecule has 178 valence electrons. The normalized spacial score (nSPS) is 12.3. The zero-order valence-electron chi connectivity index (χ0n) is 19.0. The van der Waals surface area contributed by atoms with Crippen molar-refractivity contribution in [2.24, 2.45) is 0 Å². The van der Waals surface area contributed by atoms with Crippen LogP contribution in [0.2, 0.25) is 0 Å². The Balaban J connectivity index is 2.02. The summed E-state index contributed by atoms with van der Waals surface area (Å²) in [4.78, 5) is 1.79. The lowest BCUT2D eigenvalue weighted by Gasteiger charge is -2.19. The Morgan fingerprint density at radius 2 is 1.38 bits per heavy atom. The third-order valence-electron chi connectivity index (χ3n) is 5.11. The number of aromatic nitrogens is 1. The summed E-state index contributed by atoms with van der Waals surface area (Å²) in [6.45, 7) is 3.84. The fourth-order valence-corrected chi connectivity index (χ4v) is 8.41. The summed E-state index contributed by atoms with van der Waals surface area (Å²) in [5.41, 5.74) is 0.892. The molecule has 0 spiro atoms. The van der Waals surface area contributed by atoms with Gasteiger partial charge in [0.15, 0.2) is 0 Å². The number of rotatable bonds is 10. The molecule has 0 fully saturated rings. The second kappa shape index (κ2) is 10.5. The van der Waals surface area contributed by atoms with Gasteiger partial charge in [0, 0.05) is 15.2 Å². The van der Waals surface area contributed by atoms with Crippen molar-refractivity contribution in [3.8, 4) is 0 Å². The molecule has 0 unspecified atom stereocenters. The number of hydrogen-bond acceptors (Lipinski definition) is 6. The first-order chi connectivity index (χ1) is 16.4. The SMILES string of the molecule is CCOP(=O)(Cc1c(Sc2ccccc2)c2ccccc2n1S(=O)(=O)c1ccccc1)OCC. The van der Waals surface area contributed by atoms with E-state index in [2.05, 4.69) is 0 Å². The number of fused-ring (bicyclic) bond motifs is 1. The Kier molecular flexibility index (Phi) is 7.65. The molecule has 6 nitrogen and oxygen atoms in total. The van der Waals surface area contributed by atoms with E-state index in [1.807, 2.05) is 42.5 Å². The summed E-state index contributed by atoms with van der Waals surface area (Å²) < 4.78 is 53.9. The van der Waals surface area contributed by atoms with Crippen molar-refractivity contribution >= 4 is 40.3 Å². The minimum atomic E-state index is -4.00. The Morgan fingerprint density at radius 1 is 0.824 bits per heavy atom. The number of para-hydroxylation sites is 1. The molecule has 1 aromatic heterocycles. The molecule has 0 bridgehead atoms. The zero-order valence-corrected chi connectivity index (χ0v) is 21.5. The molecule has 9 heteroatoms. The average molecular weight is 516 g/mol. The molecular weight excluding hydrogens is 489 g/mol. The topological polar surface area (TPSA) is 74.6 Å². The molecule has 0 atom stereocenters. The summed E-state index contributed by atoms with van der Waals surface area (Å²) in [6.07, 6.45) is -0.176. The van der Waals surface area contributed by atoms with Crippen LogP contribution in [0.25, 0.3) is 10.9 Å². The van der Waals surface area contributed by atoms with Crippen molar-refractivity contribution in [3.05, 3.63) is 90.6 Å². The summed E-state index contributed by atoms with van der Waals surface area (Å²) >= 11 is 1.44. The minimum absolute atomic E-state index is 0.149. The van der Waals surface area contributed by atoms with Gasteiger partial charge in [-0.2, -0.15) is 0 Å². The molecule has 0 N–H and O–H groups in total. The first-order valence-corrected chi connectivity index (χ1v) is 14.9. The number of hydrogen-bond donors (Lipinski definition) is 0. The second-order valence-corrected chi connectivity index (χ2v) is 12.3. The van der Waals surface area contributed by atoms with Crippen LogP contribution in [0, 0.1) is 0 Å². The molecule has 0 amide bonds. The third-order valence-corrected chi connectivity index (χ3v) is 10.0. The summed E-state index contributed by atoms with van der Waals surface area (Å²) in [6, 6.07) is 25.2. The molecule has 4 aromatic rings. The maximum atomic E-state index is 13.9.